The van der Waals surface area contributed by atoms with Crippen molar-refractivity contribution in [3.8, 4) is 0 Å². The van der Waals surface area contributed by atoms with E-state index in [9.17, 15) is 0 Å². The topological polar surface area (TPSA) is 0 Å². The molecule has 0 nitrogen and oxygen atoms in total. The van der Waals surface area contributed by atoms with Crippen LogP contribution in [0, 0.1) is 0 Å². The maximum absolute atomic E-state index is 2.31. The fourth-order valence-electron chi connectivity index (χ4n) is 2.03. The van der Waals surface area contributed by atoms with E-state index in [2.05, 4.69) is 66.8 Å². The monoisotopic (exact) mass is 263 g/mol. The summed E-state index contributed by atoms with van der Waals surface area (Å²) in [6.07, 6.45) is 15.8. The quantitative estimate of drug-likeness (QED) is 0.731. The molecule has 0 atom stereocenters. The molecule has 0 fully saturated rings. The first-order valence-corrected chi connectivity index (χ1v) is 7.53. The van der Waals surface area contributed by atoms with Crippen LogP contribution in [0.4, 0.5) is 0 Å². The molecule has 87 valence electrons. The Bertz CT molecular complexity index is 488. The van der Waals surface area contributed by atoms with Gasteiger partial charge >= 0.3 is 107 Å². The minimum atomic E-state index is -0.471. The summed E-state index contributed by atoms with van der Waals surface area (Å²) in [5, 5.41) is 0. The zero-order valence-electron chi connectivity index (χ0n) is 9.62. The Hall–Kier alpha value is -1.30. The van der Waals surface area contributed by atoms with Crippen molar-refractivity contribution in [2.24, 2.45) is 0 Å². The van der Waals surface area contributed by atoms with Crippen LogP contribution in [0.3, 0.4) is 0 Å². The van der Waals surface area contributed by atoms with Crippen molar-refractivity contribution in [3.63, 3.8) is 0 Å². The van der Waals surface area contributed by atoms with E-state index >= 15 is 0 Å². The summed E-state index contributed by atoms with van der Waals surface area (Å²) in [4.78, 5) is 0. The molecule has 0 N–H and O–H groups in total. The van der Waals surface area contributed by atoms with Crippen molar-refractivity contribution in [2.75, 3.05) is 0 Å². The standard InChI is InChI=1S/C6H5.2C5H5.Fe/c1-2-4-6-5-3-1;2*1-2-4-5-3-1;/h1-5H;2*1-3H,4H2;. The molecule has 0 aliphatic heterocycles. The fourth-order valence-corrected chi connectivity index (χ4v) is 5.18. The number of benzene rings is 1. The van der Waals surface area contributed by atoms with E-state index in [4.69, 9.17) is 0 Å². The second kappa shape index (κ2) is 4.91. The first-order valence-electron chi connectivity index (χ1n) is 5.88. The molecule has 3 rings (SSSR count). The molecule has 0 bridgehead atoms. The van der Waals surface area contributed by atoms with E-state index < -0.39 is 13.9 Å². The number of hydrogen-bond acceptors (Lipinski definition) is 0. The summed E-state index contributed by atoms with van der Waals surface area (Å²) in [6, 6.07) is 11.0. The summed E-state index contributed by atoms with van der Waals surface area (Å²) in [7, 11) is 0. The van der Waals surface area contributed by atoms with Crippen LogP contribution in [-0.4, -0.2) is 0 Å². The zero-order chi connectivity index (χ0) is 11.5. The molecule has 0 unspecified atom stereocenters. The molecule has 1 aromatic carbocycles. The van der Waals surface area contributed by atoms with Gasteiger partial charge in [0.05, 0.1) is 0 Å². The van der Waals surface area contributed by atoms with E-state index in [1.807, 2.05) is 0 Å². The molecule has 0 amide bonds. The fraction of sp³-hybridized carbons (Fsp3) is 0.125. The zero-order valence-corrected chi connectivity index (χ0v) is 10.7. The molecular formula is C16H15Fe. The summed E-state index contributed by atoms with van der Waals surface area (Å²) < 4.78 is 4.70. The van der Waals surface area contributed by atoms with Crippen molar-refractivity contribution in [1.29, 1.82) is 0 Å². The molecule has 0 spiro atoms. The third-order valence-electron chi connectivity index (χ3n) is 2.82. The number of hydrogen-bond donors (Lipinski definition) is 0. The van der Waals surface area contributed by atoms with Crippen molar-refractivity contribution in [2.45, 2.75) is 12.8 Å². The third kappa shape index (κ3) is 2.22. The van der Waals surface area contributed by atoms with Gasteiger partial charge in [0, 0.05) is 0 Å². The van der Waals surface area contributed by atoms with Crippen molar-refractivity contribution < 1.29 is 13.9 Å². The van der Waals surface area contributed by atoms with Crippen LogP contribution in [0.2, 0.25) is 0 Å². The minimum absolute atomic E-state index is 0.471. The van der Waals surface area contributed by atoms with E-state index in [1.54, 1.807) is 8.94 Å². The van der Waals surface area contributed by atoms with Gasteiger partial charge in [0.15, 0.2) is 0 Å². The molecule has 0 saturated carbocycles. The molecule has 17 heavy (non-hydrogen) atoms. The van der Waals surface area contributed by atoms with Gasteiger partial charge in [-0.05, 0) is 0 Å². The Morgan fingerprint density at radius 2 is 1.35 bits per heavy atom. The van der Waals surface area contributed by atoms with Gasteiger partial charge in [-0.25, -0.2) is 0 Å². The molecule has 2 aliphatic rings. The predicted molar refractivity (Wildman–Crippen MR) is 69.8 cm³/mol. The molecule has 1 aromatic rings. The van der Waals surface area contributed by atoms with Crippen LogP contribution in [0.5, 0.6) is 0 Å². The molecule has 0 aromatic heterocycles. The second-order valence-corrected chi connectivity index (χ2v) is 6.89. The Labute approximate surface area is 107 Å². The number of allylic oxidation sites excluding steroid dienone is 8. The Morgan fingerprint density at radius 3 is 1.82 bits per heavy atom. The van der Waals surface area contributed by atoms with E-state index in [1.165, 1.54) is 4.46 Å². The maximum atomic E-state index is 2.31. The van der Waals surface area contributed by atoms with Crippen LogP contribution in [0.1, 0.15) is 12.8 Å². The first-order chi connectivity index (χ1) is 8.45. The summed E-state index contributed by atoms with van der Waals surface area (Å²) in [6.45, 7) is 0. The van der Waals surface area contributed by atoms with Crippen molar-refractivity contribution >= 4 is 4.46 Å². The average molecular weight is 263 g/mol. The van der Waals surface area contributed by atoms with Crippen molar-refractivity contribution in [3.05, 3.63) is 75.7 Å². The molecule has 2 aliphatic carbocycles. The summed E-state index contributed by atoms with van der Waals surface area (Å²) in [5.41, 5.74) is 0. The van der Waals surface area contributed by atoms with E-state index in [0.717, 1.165) is 12.8 Å². The Morgan fingerprint density at radius 1 is 0.765 bits per heavy atom. The molecule has 0 saturated heterocycles. The van der Waals surface area contributed by atoms with Crippen LogP contribution < -0.4 is 4.46 Å². The second-order valence-electron chi connectivity index (χ2n) is 4.01. The van der Waals surface area contributed by atoms with Crippen LogP contribution in [-0.2, 0) is 13.9 Å². The SMILES string of the molecule is C1=CC[C]([Fe]([C]2=CC=CC2)[c]2ccccc2)=C1. The molecule has 0 heterocycles. The molecule has 0 radical (unpaired) electrons. The van der Waals surface area contributed by atoms with E-state index in [0.29, 0.717) is 0 Å². The number of rotatable bonds is 3. The van der Waals surface area contributed by atoms with Gasteiger partial charge < -0.3 is 0 Å². The van der Waals surface area contributed by atoms with Crippen LogP contribution >= 0.6 is 0 Å². The van der Waals surface area contributed by atoms with Crippen molar-refractivity contribution in [1.82, 2.24) is 0 Å². The van der Waals surface area contributed by atoms with Gasteiger partial charge in [-0.15, -0.1) is 0 Å². The van der Waals surface area contributed by atoms with Gasteiger partial charge in [0.1, 0.15) is 0 Å². The first kappa shape index (κ1) is 10.8. The summed E-state index contributed by atoms with van der Waals surface area (Å²) in [5.74, 6) is 0. The predicted octanol–water partition coefficient (Wildman–Crippen LogP) is 3.62. The Balaban J connectivity index is 1.97. The van der Waals surface area contributed by atoms with E-state index in [-0.39, 0.29) is 0 Å². The van der Waals surface area contributed by atoms with Gasteiger partial charge in [0.25, 0.3) is 0 Å². The van der Waals surface area contributed by atoms with Gasteiger partial charge in [0.2, 0.25) is 0 Å². The molecular weight excluding hydrogens is 248 g/mol. The normalized spacial score (nSPS) is 18.2. The van der Waals surface area contributed by atoms with Gasteiger partial charge in [-0.2, -0.15) is 0 Å². The third-order valence-corrected chi connectivity index (χ3v) is 6.06. The Kier molecular flexibility index (Phi) is 3.13. The van der Waals surface area contributed by atoms with Crippen LogP contribution in [0.25, 0.3) is 0 Å². The van der Waals surface area contributed by atoms with Gasteiger partial charge in [-0.1, -0.05) is 0 Å². The van der Waals surface area contributed by atoms with Gasteiger partial charge in [-0.3, -0.25) is 0 Å². The molecule has 1 heteroatoms. The summed E-state index contributed by atoms with van der Waals surface area (Å²) >= 11 is -0.471. The average Bonchev–Trinajstić information content (AvgIpc) is 3.04. The van der Waals surface area contributed by atoms with Crippen LogP contribution in [0.15, 0.2) is 75.7 Å².